The molecule has 0 aliphatic carbocycles. The monoisotopic (exact) mass is 267 g/mol. The standard InChI is InChI=1S/C14H18FNO3/c1-9(3-6-13(17)18)8-16-14(19)11-5-4-10(2)12(15)7-11/h4-5,7,9H,3,6,8H2,1-2H3,(H,16,19)(H,17,18). The van der Waals surface area contributed by atoms with E-state index in [1.807, 2.05) is 6.92 Å². The molecular formula is C14H18FNO3. The molecule has 104 valence electrons. The number of carboxylic acids is 1. The summed E-state index contributed by atoms with van der Waals surface area (Å²) in [4.78, 5) is 22.2. The number of carbonyl (C=O) groups excluding carboxylic acids is 1. The minimum Gasteiger partial charge on any atom is -0.481 e. The number of hydrogen-bond donors (Lipinski definition) is 2. The number of amides is 1. The van der Waals surface area contributed by atoms with Gasteiger partial charge in [-0.3, -0.25) is 9.59 Å². The summed E-state index contributed by atoms with van der Waals surface area (Å²) in [5, 5.41) is 11.2. The molecular weight excluding hydrogens is 249 g/mol. The third kappa shape index (κ3) is 5.07. The summed E-state index contributed by atoms with van der Waals surface area (Å²) in [6, 6.07) is 4.32. The molecule has 5 heteroatoms. The molecule has 0 bridgehead atoms. The molecule has 1 rings (SSSR count). The minimum atomic E-state index is -0.848. The van der Waals surface area contributed by atoms with Gasteiger partial charge in [0.2, 0.25) is 0 Å². The largest absolute Gasteiger partial charge is 0.481 e. The lowest BCUT2D eigenvalue weighted by Crippen LogP contribution is -2.28. The van der Waals surface area contributed by atoms with Gasteiger partial charge in [-0.15, -0.1) is 0 Å². The molecule has 1 aromatic rings. The van der Waals surface area contributed by atoms with Crippen LogP contribution in [0.5, 0.6) is 0 Å². The van der Waals surface area contributed by atoms with E-state index in [1.54, 1.807) is 19.1 Å². The van der Waals surface area contributed by atoms with Crippen molar-refractivity contribution in [2.24, 2.45) is 5.92 Å². The van der Waals surface area contributed by atoms with Crippen LogP contribution in [0.4, 0.5) is 4.39 Å². The Morgan fingerprint density at radius 1 is 1.42 bits per heavy atom. The number of aliphatic carboxylic acids is 1. The summed E-state index contributed by atoms with van der Waals surface area (Å²) in [7, 11) is 0. The molecule has 1 unspecified atom stereocenters. The van der Waals surface area contributed by atoms with Crippen LogP contribution in [0.3, 0.4) is 0 Å². The lowest BCUT2D eigenvalue weighted by molar-refractivity contribution is -0.137. The molecule has 0 aliphatic heterocycles. The van der Waals surface area contributed by atoms with Crippen LogP contribution >= 0.6 is 0 Å². The predicted octanol–water partition coefficient (Wildman–Crippen LogP) is 2.36. The third-order valence-electron chi connectivity index (χ3n) is 2.90. The van der Waals surface area contributed by atoms with Gasteiger partial charge in [0.05, 0.1) is 0 Å². The first-order valence-electron chi connectivity index (χ1n) is 6.16. The van der Waals surface area contributed by atoms with Crippen molar-refractivity contribution in [3.63, 3.8) is 0 Å². The summed E-state index contributed by atoms with van der Waals surface area (Å²) >= 11 is 0. The molecule has 0 radical (unpaired) electrons. The van der Waals surface area contributed by atoms with Crippen molar-refractivity contribution in [3.05, 3.63) is 35.1 Å². The second-order valence-electron chi connectivity index (χ2n) is 4.71. The van der Waals surface area contributed by atoms with Crippen molar-refractivity contribution in [1.82, 2.24) is 5.32 Å². The normalized spacial score (nSPS) is 11.9. The summed E-state index contributed by atoms with van der Waals surface area (Å²) in [5.41, 5.74) is 0.764. The van der Waals surface area contributed by atoms with Gasteiger partial charge in [0.25, 0.3) is 5.91 Å². The lowest BCUT2D eigenvalue weighted by Gasteiger charge is -2.11. The second-order valence-corrected chi connectivity index (χ2v) is 4.71. The van der Waals surface area contributed by atoms with Gasteiger partial charge in [-0.1, -0.05) is 13.0 Å². The van der Waals surface area contributed by atoms with Crippen molar-refractivity contribution < 1.29 is 19.1 Å². The van der Waals surface area contributed by atoms with Crippen LogP contribution in [0.1, 0.15) is 35.7 Å². The number of carboxylic acid groups (broad SMARTS) is 1. The molecule has 1 atom stereocenters. The highest BCUT2D eigenvalue weighted by molar-refractivity contribution is 5.94. The zero-order valence-electron chi connectivity index (χ0n) is 11.1. The molecule has 0 aromatic heterocycles. The van der Waals surface area contributed by atoms with E-state index in [2.05, 4.69) is 5.32 Å². The summed E-state index contributed by atoms with van der Waals surface area (Å²) < 4.78 is 13.3. The van der Waals surface area contributed by atoms with E-state index >= 15 is 0 Å². The van der Waals surface area contributed by atoms with E-state index in [0.717, 1.165) is 0 Å². The Bertz CT molecular complexity index is 474. The Labute approximate surface area is 111 Å². The zero-order chi connectivity index (χ0) is 14.4. The number of nitrogens with one attached hydrogen (secondary N) is 1. The first-order chi connectivity index (χ1) is 8.90. The average molecular weight is 267 g/mol. The number of rotatable bonds is 6. The van der Waals surface area contributed by atoms with E-state index in [9.17, 15) is 14.0 Å². The van der Waals surface area contributed by atoms with E-state index in [-0.39, 0.29) is 23.8 Å². The van der Waals surface area contributed by atoms with Crippen molar-refractivity contribution in [3.8, 4) is 0 Å². The minimum absolute atomic E-state index is 0.0651. The van der Waals surface area contributed by atoms with Gasteiger partial charge in [0, 0.05) is 18.5 Å². The molecule has 0 heterocycles. The second kappa shape index (κ2) is 6.87. The average Bonchev–Trinajstić information content (AvgIpc) is 2.36. The molecule has 0 saturated carbocycles. The van der Waals surface area contributed by atoms with Gasteiger partial charge in [-0.05, 0) is 37.0 Å². The Balaban J connectivity index is 2.46. The van der Waals surface area contributed by atoms with Gasteiger partial charge >= 0.3 is 5.97 Å². The molecule has 0 fully saturated rings. The van der Waals surface area contributed by atoms with Gasteiger partial charge in [-0.2, -0.15) is 0 Å². The highest BCUT2D eigenvalue weighted by Gasteiger charge is 2.10. The van der Waals surface area contributed by atoms with Crippen molar-refractivity contribution >= 4 is 11.9 Å². The van der Waals surface area contributed by atoms with Crippen molar-refractivity contribution in [1.29, 1.82) is 0 Å². The highest BCUT2D eigenvalue weighted by Crippen LogP contribution is 2.10. The van der Waals surface area contributed by atoms with Gasteiger partial charge in [0.15, 0.2) is 0 Å². The Morgan fingerprint density at radius 2 is 2.11 bits per heavy atom. The maximum absolute atomic E-state index is 13.3. The topological polar surface area (TPSA) is 66.4 Å². The molecule has 0 aliphatic rings. The van der Waals surface area contributed by atoms with Crippen molar-refractivity contribution in [2.45, 2.75) is 26.7 Å². The number of halogens is 1. The maximum atomic E-state index is 13.3. The number of carbonyl (C=O) groups is 2. The highest BCUT2D eigenvalue weighted by atomic mass is 19.1. The number of aryl methyl sites for hydroxylation is 1. The fourth-order valence-corrected chi connectivity index (χ4v) is 1.58. The molecule has 2 N–H and O–H groups in total. The Morgan fingerprint density at radius 3 is 2.68 bits per heavy atom. The van der Waals surface area contributed by atoms with Crippen LogP contribution in [-0.2, 0) is 4.79 Å². The maximum Gasteiger partial charge on any atom is 0.303 e. The fraction of sp³-hybridized carbons (Fsp3) is 0.429. The van der Waals surface area contributed by atoms with E-state index in [4.69, 9.17) is 5.11 Å². The molecule has 1 aromatic carbocycles. The predicted molar refractivity (Wildman–Crippen MR) is 69.5 cm³/mol. The first kappa shape index (κ1) is 15.1. The van der Waals surface area contributed by atoms with Gasteiger partial charge in [0.1, 0.15) is 5.82 Å². The van der Waals surface area contributed by atoms with Crippen molar-refractivity contribution in [2.75, 3.05) is 6.54 Å². The van der Waals surface area contributed by atoms with E-state index in [0.29, 0.717) is 18.5 Å². The SMILES string of the molecule is Cc1ccc(C(=O)NCC(C)CCC(=O)O)cc1F. The van der Waals surface area contributed by atoms with Crippen LogP contribution in [0.2, 0.25) is 0 Å². The van der Waals surface area contributed by atoms with Crippen LogP contribution in [-0.4, -0.2) is 23.5 Å². The van der Waals surface area contributed by atoms with E-state index < -0.39 is 11.8 Å². The van der Waals surface area contributed by atoms with Crippen LogP contribution in [0.25, 0.3) is 0 Å². The Kier molecular flexibility index (Phi) is 5.48. The molecule has 0 spiro atoms. The van der Waals surface area contributed by atoms with Gasteiger partial charge in [-0.25, -0.2) is 4.39 Å². The summed E-state index contributed by atoms with van der Waals surface area (Å²) in [5.74, 6) is -1.54. The van der Waals surface area contributed by atoms with E-state index in [1.165, 1.54) is 6.07 Å². The molecule has 1 amide bonds. The number of benzene rings is 1. The molecule has 19 heavy (non-hydrogen) atoms. The fourth-order valence-electron chi connectivity index (χ4n) is 1.58. The third-order valence-corrected chi connectivity index (χ3v) is 2.90. The summed E-state index contributed by atoms with van der Waals surface area (Å²) in [6.45, 7) is 3.87. The zero-order valence-corrected chi connectivity index (χ0v) is 11.1. The van der Waals surface area contributed by atoms with Crippen LogP contribution < -0.4 is 5.32 Å². The first-order valence-corrected chi connectivity index (χ1v) is 6.16. The lowest BCUT2D eigenvalue weighted by atomic mass is 10.1. The number of hydrogen-bond acceptors (Lipinski definition) is 2. The molecule has 4 nitrogen and oxygen atoms in total. The van der Waals surface area contributed by atoms with Crippen LogP contribution in [0.15, 0.2) is 18.2 Å². The van der Waals surface area contributed by atoms with Crippen LogP contribution in [0, 0.1) is 18.7 Å². The molecule has 0 saturated heterocycles. The van der Waals surface area contributed by atoms with Gasteiger partial charge < -0.3 is 10.4 Å². The smallest absolute Gasteiger partial charge is 0.303 e. The summed E-state index contributed by atoms with van der Waals surface area (Å²) in [6.07, 6.45) is 0.577. The quantitative estimate of drug-likeness (QED) is 0.831. The Hall–Kier alpha value is -1.91.